The summed E-state index contributed by atoms with van der Waals surface area (Å²) in [5.41, 5.74) is 2.40. The van der Waals surface area contributed by atoms with Gasteiger partial charge >= 0.3 is 0 Å². The van der Waals surface area contributed by atoms with Gasteiger partial charge in [-0.15, -0.1) is 11.8 Å². The van der Waals surface area contributed by atoms with Gasteiger partial charge in [0.05, 0.1) is 23.0 Å². The molecule has 4 nitrogen and oxygen atoms in total. The first-order valence-corrected chi connectivity index (χ1v) is 10.8. The summed E-state index contributed by atoms with van der Waals surface area (Å²) in [7, 11) is 0. The van der Waals surface area contributed by atoms with Gasteiger partial charge in [0.25, 0.3) is 5.91 Å². The fourth-order valence-corrected chi connectivity index (χ4v) is 3.76. The Morgan fingerprint density at radius 2 is 1.60 bits per heavy atom. The molecule has 0 bridgehead atoms. The van der Waals surface area contributed by atoms with E-state index >= 15 is 0 Å². The van der Waals surface area contributed by atoms with Gasteiger partial charge in [-0.2, -0.15) is 0 Å². The smallest absolute Gasteiger partial charge is 0.253 e. The summed E-state index contributed by atoms with van der Waals surface area (Å²) >= 11 is 1.32. The molecule has 0 radical (unpaired) electrons. The van der Waals surface area contributed by atoms with Crippen molar-refractivity contribution in [2.24, 2.45) is 0 Å². The third kappa shape index (κ3) is 5.94. The Morgan fingerprint density at radius 3 is 2.37 bits per heavy atom. The number of para-hydroxylation sites is 1. The Labute approximate surface area is 179 Å². The van der Waals surface area contributed by atoms with Crippen molar-refractivity contribution in [2.75, 3.05) is 11.1 Å². The maximum atomic E-state index is 13.7. The minimum atomic E-state index is -0.278. The number of amides is 2. The first-order chi connectivity index (χ1) is 14.5. The molecule has 30 heavy (non-hydrogen) atoms. The first kappa shape index (κ1) is 21.6. The van der Waals surface area contributed by atoms with Crippen LogP contribution in [0.2, 0.25) is 0 Å². The van der Waals surface area contributed by atoms with Crippen LogP contribution >= 0.6 is 11.8 Å². The molecule has 1 unspecified atom stereocenters. The van der Waals surface area contributed by atoms with E-state index < -0.39 is 0 Å². The van der Waals surface area contributed by atoms with Crippen LogP contribution in [0.3, 0.4) is 0 Å². The van der Waals surface area contributed by atoms with Gasteiger partial charge in [0.1, 0.15) is 5.82 Å². The van der Waals surface area contributed by atoms with E-state index in [0.717, 1.165) is 5.56 Å². The number of carbonyl (C=O) groups excluding carboxylic acids is 2. The second-order valence-corrected chi connectivity index (χ2v) is 7.77. The average molecular weight is 423 g/mol. The number of nitrogens with one attached hydrogen (secondary N) is 2. The van der Waals surface area contributed by atoms with Crippen molar-refractivity contribution < 1.29 is 14.0 Å². The van der Waals surface area contributed by atoms with Gasteiger partial charge < -0.3 is 10.6 Å². The zero-order valence-electron chi connectivity index (χ0n) is 16.6. The number of anilines is 1. The Morgan fingerprint density at radius 1 is 0.933 bits per heavy atom. The molecule has 154 valence electrons. The van der Waals surface area contributed by atoms with Gasteiger partial charge in [-0.3, -0.25) is 9.59 Å². The van der Waals surface area contributed by atoms with Crippen LogP contribution < -0.4 is 10.6 Å². The van der Waals surface area contributed by atoms with Gasteiger partial charge in [-0.25, -0.2) is 4.39 Å². The number of thioether (sulfide) groups is 1. The number of benzene rings is 3. The lowest BCUT2D eigenvalue weighted by atomic mass is 10.1. The molecule has 0 spiro atoms. The molecular formula is C24H23FN2O2S. The fraction of sp³-hybridized carbons (Fsp3) is 0.167. The van der Waals surface area contributed by atoms with E-state index in [0.29, 0.717) is 22.6 Å². The molecule has 1 atom stereocenters. The van der Waals surface area contributed by atoms with Crippen LogP contribution in [-0.2, 0) is 10.5 Å². The number of halogens is 1. The predicted molar refractivity (Wildman–Crippen MR) is 120 cm³/mol. The standard InChI is InChI=1S/C24H23FN2O2S/c1-17(18-9-3-2-4-10-18)26-24(29)20-12-6-8-14-22(20)27-23(28)16-30-15-19-11-5-7-13-21(19)25/h2-14,17H,15-16H2,1H3,(H,26,29)(H,27,28). The normalized spacial score (nSPS) is 11.5. The Bertz CT molecular complexity index is 1010. The lowest BCUT2D eigenvalue weighted by Crippen LogP contribution is -2.28. The molecule has 0 aliphatic carbocycles. The lowest BCUT2D eigenvalue weighted by molar-refractivity contribution is -0.113. The Kier molecular flexibility index (Phi) is 7.63. The highest BCUT2D eigenvalue weighted by Gasteiger charge is 2.16. The number of hydrogen-bond acceptors (Lipinski definition) is 3. The molecule has 2 amide bonds. The Hall–Kier alpha value is -3.12. The van der Waals surface area contributed by atoms with Gasteiger partial charge in [0.2, 0.25) is 5.91 Å². The maximum Gasteiger partial charge on any atom is 0.253 e. The third-order valence-electron chi connectivity index (χ3n) is 4.54. The summed E-state index contributed by atoms with van der Waals surface area (Å²) in [6.45, 7) is 1.91. The van der Waals surface area contributed by atoms with Crippen molar-refractivity contribution in [3.8, 4) is 0 Å². The van der Waals surface area contributed by atoms with Crippen LogP contribution in [0.5, 0.6) is 0 Å². The van der Waals surface area contributed by atoms with Crippen LogP contribution in [0.25, 0.3) is 0 Å². The van der Waals surface area contributed by atoms with Crippen molar-refractivity contribution in [3.05, 3.63) is 101 Å². The molecular weight excluding hydrogens is 399 g/mol. The van der Waals surface area contributed by atoms with Gasteiger partial charge in [0, 0.05) is 5.75 Å². The second-order valence-electron chi connectivity index (χ2n) is 6.78. The minimum Gasteiger partial charge on any atom is -0.345 e. The fourth-order valence-electron chi connectivity index (χ4n) is 2.94. The van der Waals surface area contributed by atoms with E-state index in [2.05, 4.69) is 10.6 Å². The molecule has 0 saturated heterocycles. The molecule has 0 aliphatic rings. The van der Waals surface area contributed by atoms with E-state index in [4.69, 9.17) is 0 Å². The largest absolute Gasteiger partial charge is 0.345 e. The van der Waals surface area contributed by atoms with Crippen LogP contribution in [0.4, 0.5) is 10.1 Å². The summed E-state index contributed by atoms with van der Waals surface area (Å²) in [5, 5.41) is 5.75. The monoisotopic (exact) mass is 422 g/mol. The van der Waals surface area contributed by atoms with Crippen LogP contribution in [-0.4, -0.2) is 17.6 Å². The number of rotatable bonds is 8. The summed E-state index contributed by atoms with van der Waals surface area (Å²) in [5.74, 6) is -0.226. The zero-order chi connectivity index (χ0) is 21.3. The topological polar surface area (TPSA) is 58.2 Å². The molecule has 3 aromatic rings. The summed E-state index contributed by atoms with van der Waals surface area (Å²) < 4.78 is 13.7. The summed E-state index contributed by atoms with van der Waals surface area (Å²) in [4.78, 5) is 25.1. The molecule has 2 N–H and O–H groups in total. The van der Waals surface area contributed by atoms with E-state index in [1.165, 1.54) is 17.8 Å². The lowest BCUT2D eigenvalue weighted by Gasteiger charge is -2.16. The Balaban J connectivity index is 1.58. The molecule has 0 fully saturated rings. The van der Waals surface area contributed by atoms with Crippen LogP contribution in [0, 0.1) is 5.82 Å². The zero-order valence-corrected chi connectivity index (χ0v) is 17.4. The highest BCUT2D eigenvalue weighted by atomic mass is 32.2. The highest BCUT2D eigenvalue weighted by Crippen LogP contribution is 2.19. The minimum absolute atomic E-state index is 0.157. The number of carbonyl (C=O) groups is 2. The SMILES string of the molecule is CC(NC(=O)c1ccccc1NC(=O)CSCc1ccccc1F)c1ccccc1. The number of hydrogen-bond donors (Lipinski definition) is 2. The molecule has 6 heteroatoms. The molecule has 0 saturated carbocycles. The molecule has 3 rings (SSSR count). The van der Waals surface area contributed by atoms with Gasteiger partial charge in [-0.05, 0) is 36.2 Å². The van der Waals surface area contributed by atoms with Crippen molar-refractivity contribution in [1.29, 1.82) is 0 Å². The molecule has 0 aliphatic heterocycles. The van der Waals surface area contributed by atoms with Crippen molar-refractivity contribution in [2.45, 2.75) is 18.7 Å². The van der Waals surface area contributed by atoms with Crippen LogP contribution in [0.15, 0.2) is 78.9 Å². The molecule has 0 aromatic heterocycles. The van der Waals surface area contributed by atoms with E-state index in [1.54, 1.807) is 42.5 Å². The van der Waals surface area contributed by atoms with Gasteiger partial charge in [0.15, 0.2) is 0 Å². The molecule has 0 heterocycles. The first-order valence-electron chi connectivity index (χ1n) is 9.60. The van der Waals surface area contributed by atoms with E-state index in [9.17, 15) is 14.0 Å². The molecule has 3 aromatic carbocycles. The quantitative estimate of drug-likeness (QED) is 0.525. The van der Waals surface area contributed by atoms with Crippen molar-refractivity contribution in [3.63, 3.8) is 0 Å². The second kappa shape index (κ2) is 10.6. The summed E-state index contributed by atoms with van der Waals surface area (Å²) in [6.07, 6.45) is 0. The average Bonchev–Trinajstić information content (AvgIpc) is 2.76. The van der Waals surface area contributed by atoms with Gasteiger partial charge in [-0.1, -0.05) is 60.7 Å². The van der Waals surface area contributed by atoms with E-state index in [1.807, 2.05) is 37.3 Å². The summed E-state index contributed by atoms with van der Waals surface area (Å²) in [6, 6.07) is 22.9. The maximum absolute atomic E-state index is 13.7. The highest BCUT2D eigenvalue weighted by molar-refractivity contribution is 7.99. The third-order valence-corrected chi connectivity index (χ3v) is 5.52. The van der Waals surface area contributed by atoms with Crippen LogP contribution in [0.1, 0.15) is 34.5 Å². The predicted octanol–water partition coefficient (Wildman–Crippen LogP) is 5.19. The van der Waals surface area contributed by atoms with Crippen molar-refractivity contribution >= 4 is 29.3 Å². The van der Waals surface area contributed by atoms with Crippen molar-refractivity contribution in [1.82, 2.24) is 5.32 Å². The van der Waals surface area contributed by atoms with E-state index in [-0.39, 0.29) is 29.4 Å².